The van der Waals surface area contributed by atoms with Crippen LogP contribution >= 0.6 is 0 Å². The quantitative estimate of drug-likeness (QED) is 0.645. The van der Waals surface area contributed by atoms with Gasteiger partial charge in [0.25, 0.3) is 0 Å². The van der Waals surface area contributed by atoms with E-state index in [0.29, 0.717) is 19.4 Å². The third kappa shape index (κ3) is 4.27. The molecule has 25 heavy (non-hydrogen) atoms. The van der Waals surface area contributed by atoms with Crippen molar-refractivity contribution in [2.75, 3.05) is 13.2 Å². The molecule has 142 valence electrons. The number of ketones is 1. The van der Waals surface area contributed by atoms with Crippen LogP contribution in [0.5, 0.6) is 0 Å². The van der Waals surface area contributed by atoms with Crippen LogP contribution in [0.15, 0.2) is 6.20 Å². The molecule has 0 saturated carbocycles. The molecule has 8 nitrogen and oxygen atoms in total. The van der Waals surface area contributed by atoms with Gasteiger partial charge in [-0.2, -0.15) is 0 Å². The van der Waals surface area contributed by atoms with Crippen LogP contribution in [0.25, 0.3) is 0 Å². The Balaban J connectivity index is 2.14. The Kier molecular flexibility index (Phi) is 6.70. The van der Waals surface area contributed by atoms with Crippen molar-refractivity contribution in [3.8, 4) is 0 Å². The molecule has 1 aromatic heterocycles. The maximum Gasteiger partial charge on any atom is 0.195 e. The lowest BCUT2D eigenvalue weighted by Gasteiger charge is -2.27. The topological polar surface area (TPSA) is 103 Å². The molecule has 2 rings (SSSR count). The Morgan fingerprint density at radius 3 is 2.64 bits per heavy atom. The number of hydrogen-bond donors (Lipinski definition) is 2. The zero-order chi connectivity index (χ0) is 18.6. The average molecular weight is 356 g/mol. The van der Waals surface area contributed by atoms with Gasteiger partial charge < -0.3 is 29.0 Å². The molecule has 1 aromatic rings. The number of carbonyl (C=O) groups excluding carboxylic acids is 1. The monoisotopic (exact) mass is 356 g/mol. The van der Waals surface area contributed by atoms with Crippen LogP contribution in [0.3, 0.4) is 0 Å². The molecule has 0 spiro atoms. The largest absolute Gasteiger partial charge is 0.387 e. The fourth-order valence-corrected chi connectivity index (χ4v) is 2.89. The number of nitrogens with zero attached hydrogens (tertiary/aromatic N) is 2. The predicted molar refractivity (Wildman–Crippen MR) is 89.0 cm³/mol. The standard InChI is InChI=1S/C17H28N2O6/c1-5-17(6-2)24-9-13(25-17)15(22)14(21)12-8-19(10-23-7-3)16(18-12)11(4)20/h8,13-15,21-22H,5-7,9-10H2,1-4H3/t13-,14+,15-/m0/s1. The first-order chi connectivity index (χ1) is 11.9. The van der Waals surface area contributed by atoms with Gasteiger partial charge in [0.1, 0.15) is 25.0 Å². The highest BCUT2D eigenvalue weighted by atomic mass is 16.7. The Labute approximate surface area is 147 Å². The lowest BCUT2D eigenvalue weighted by atomic mass is 10.1. The first kappa shape index (κ1) is 20.0. The maximum absolute atomic E-state index is 11.7. The minimum Gasteiger partial charge on any atom is -0.387 e. The van der Waals surface area contributed by atoms with Gasteiger partial charge in [-0.05, 0) is 19.8 Å². The minimum absolute atomic E-state index is 0.152. The van der Waals surface area contributed by atoms with Gasteiger partial charge >= 0.3 is 0 Å². The van der Waals surface area contributed by atoms with Crippen molar-refractivity contribution >= 4 is 5.78 Å². The van der Waals surface area contributed by atoms with Gasteiger partial charge in [-0.25, -0.2) is 4.98 Å². The molecule has 1 fully saturated rings. The second-order valence-electron chi connectivity index (χ2n) is 6.16. The van der Waals surface area contributed by atoms with Crippen LogP contribution in [-0.2, 0) is 20.9 Å². The van der Waals surface area contributed by atoms with E-state index < -0.39 is 24.1 Å². The summed E-state index contributed by atoms with van der Waals surface area (Å²) in [5, 5.41) is 21.0. The molecule has 0 bridgehead atoms. The van der Waals surface area contributed by atoms with E-state index in [2.05, 4.69) is 4.98 Å². The summed E-state index contributed by atoms with van der Waals surface area (Å²) in [6, 6.07) is 0. The number of hydrogen-bond acceptors (Lipinski definition) is 7. The fraction of sp³-hybridized carbons (Fsp3) is 0.765. The van der Waals surface area contributed by atoms with E-state index in [0.717, 1.165) is 0 Å². The molecule has 0 aromatic carbocycles. The zero-order valence-corrected chi connectivity index (χ0v) is 15.3. The highest BCUT2D eigenvalue weighted by Crippen LogP contribution is 2.34. The Hall–Kier alpha value is -1.32. The maximum atomic E-state index is 11.7. The lowest BCUT2D eigenvalue weighted by molar-refractivity contribution is -0.188. The second kappa shape index (κ2) is 8.37. The fourth-order valence-electron chi connectivity index (χ4n) is 2.89. The SMILES string of the molecule is CCOCn1cc([C@@H](O)[C@@H](O)[C@@H]2COC(CC)(CC)O2)nc1C(C)=O. The summed E-state index contributed by atoms with van der Waals surface area (Å²) in [4.78, 5) is 15.9. The third-order valence-electron chi connectivity index (χ3n) is 4.51. The smallest absolute Gasteiger partial charge is 0.195 e. The number of aliphatic hydroxyl groups is 2. The Morgan fingerprint density at radius 2 is 2.12 bits per heavy atom. The van der Waals surface area contributed by atoms with E-state index in [9.17, 15) is 15.0 Å². The summed E-state index contributed by atoms with van der Waals surface area (Å²) < 4.78 is 18.4. The van der Waals surface area contributed by atoms with Crippen LogP contribution in [0.4, 0.5) is 0 Å². The van der Waals surface area contributed by atoms with Gasteiger partial charge in [0.15, 0.2) is 17.4 Å². The van der Waals surface area contributed by atoms with Crippen molar-refractivity contribution in [2.45, 2.75) is 71.4 Å². The first-order valence-electron chi connectivity index (χ1n) is 8.71. The van der Waals surface area contributed by atoms with Crippen molar-refractivity contribution in [3.63, 3.8) is 0 Å². The molecule has 2 N–H and O–H groups in total. The van der Waals surface area contributed by atoms with E-state index in [1.54, 1.807) is 0 Å². The lowest BCUT2D eigenvalue weighted by Crippen LogP contribution is -2.37. The molecule has 3 atom stereocenters. The zero-order valence-electron chi connectivity index (χ0n) is 15.3. The van der Waals surface area contributed by atoms with Gasteiger partial charge in [0, 0.05) is 19.7 Å². The third-order valence-corrected chi connectivity index (χ3v) is 4.51. The molecule has 0 aliphatic carbocycles. The second-order valence-corrected chi connectivity index (χ2v) is 6.16. The van der Waals surface area contributed by atoms with Crippen LogP contribution < -0.4 is 0 Å². The van der Waals surface area contributed by atoms with Crippen LogP contribution in [0, 0.1) is 0 Å². The summed E-state index contributed by atoms with van der Waals surface area (Å²) >= 11 is 0. The molecule has 8 heteroatoms. The number of imidazole rings is 1. The Morgan fingerprint density at radius 1 is 1.44 bits per heavy atom. The summed E-state index contributed by atoms with van der Waals surface area (Å²) in [6.07, 6.45) is -0.342. The number of aromatic nitrogens is 2. The number of carbonyl (C=O) groups is 1. The number of Topliss-reactive ketones (excluding diaryl/α,β-unsaturated/α-hetero) is 1. The molecule has 1 saturated heterocycles. The van der Waals surface area contributed by atoms with Crippen molar-refractivity contribution in [1.82, 2.24) is 9.55 Å². The van der Waals surface area contributed by atoms with Gasteiger partial charge in [0.05, 0.1) is 12.3 Å². The molecule has 1 aliphatic heterocycles. The van der Waals surface area contributed by atoms with E-state index >= 15 is 0 Å². The van der Waals surface area contributed by atoms with Crippen molar-refractivity contribution < 1.29 is 29.2 Å². The molecule has 0 amide bonds. The van der Waals surface area contributed by atoms with E-state index in [1.807, 2.05) is 20.8 Å². The highest BCUT2D eigenvalue weighted by molar-refractivity contribution is 5.90. The molecular weight excluding hydrogens is 328 g/mol. The summed E-state index contributed by atoms with van der Waals surface area (Å²) in [5.74, 6) is -0.789. The highest BCUT2D eigenvalue weighted by Gasteiger charge is 2.44. The Bertz CT molecular complexity index is 584. The summed E-state index contributed by atoms with van der Waals surface area (Å²) in [5.41, 5.74) is 0.200. The molecular formula is C17H28N2O6. The van der Waals surface area contributed by atoms with Crippen LogP contribution in [0.2, 0.25) is 0 Å². The first-order valence-corrected chi connectivity index (χ1v) is 8.71. The molecule has 0 radical (unpaired) electrons. The summed E-state index contributed by atoms with van der Waals surface area (Å²) in [7, 11) is 0. The van der Waals surface area contributed by atoms with Gasteiger partial charge in [-0.1, -0.05) is 13.8 Å². The predicted octanol–water partition coefficient (Wildman–Crippen LogP) is 1.41. The number of ether oxygens (including phenoxy) is 3. The van der Waals surface area contributed by atoms with Crippen LogP contribution in [0.1, 0.15) is 63.0 Å². The molecule has 0 unspecified atom stereocenters. The van der Waals surface area contributed by atoms with E-state index in [-0.39, 0.29) is 30.6 Å². The van der Waals surface area contributed by atoms with Crippen molar-refractivity contribution in [3.05, 3.63) is 17.7 Å². The van der Waals surface area contributed by atoms with Gasteiger partial charge in [-0.3, -0.25) is 4.79 Å². The van der Waals surface area contributed by atoms with Gasteiger partial charge in [-0.15, -0.1) is 0 Å². The van der Waals surface area contributed by atoms with Gasteiger partial charge in [0.2, 0.25) is 0 Å². The van der Waals surface area contributed by atoms with Crippen molar-refractivity contribution in [2.24, 2.45) is 0 Å². The normalized spacial score (nSPS) is 22.1. The van der Waals surface area contributed by atoms with E-state index in [1.165, 1.54) is 17.7 Å². The summed E-state index contributed by atoms with van der Waals surface area (Å²) in [6.45, 7) is 7.96. The molecule has 2 heterocycles. The van der Waals surface area contributed by atoms with E-state index in [4.69, 9.17) is 14.2 Å². The number of aliphatic hydroxyl groups excluding tert-OH is 2. The minimum atomic E-state index is -1.29. The van der Waals surface area contributed by atoms with Crippen LogP contribution in [-0.4, -0.2) is 56.8 Å². The molecule has 1 aliphatic rings. The van der Waals surface area contributed by atoms with Crippen molar-refractivity contribution in [1.29, 1.82) is 0 Å². The number of rotatable bonds is 9. The average Bonchev–Trinajstić information content (AvgIpc) is 3.23.